The highest BCUT2D eigenvalue weighted by Crippen LogP contribution is 2.71. The van der Waals surface area contributed by atoms with Crippen molar-refractivity contribution in [1.29, 1.82) is 0 Å². The lowest BCUT2D eigenvalue weighted by molar-refractivity contribution is -0.196. The average molecular weight is 893 g/mol. The van der Waals surface area contributed by atoms with E-state index < -0.39 is 11.0 Å². The zero-order valence-electron chi connectivity index (χ0n) is 38.9. The Balaban J connectivity index is 0.878. The first-order chi connectivity index (χ1) is 30.4. The first kappa shape index (κ1) is 44.9. The third-order valence-electron chi connectivity index (χ3n) is 18.0. The Bertz CT molecular complexity index is 2340. The van der Waals surface area contributed by atoms with E-state index in [1.165, 1.54) is 5.57 Å². The number of carbonyl (C=O) groups excluding carboxylic acids is 4. The van der Waals surface area contributed by atoms with Gasteiger partial charge in [0.15, 0.2) is 5.78 Å². The van der Waals surface area contributed by atoms with Crippen LogP contribution < -0.4 is 5.32 Å². The van der Waals surface area contributed by atoms with Gasteiger partial charge in [0.2, 0.25) is 17.7 Å². The molecule has 6 aliphatic rings. The molecule has 6 aliphatic carbocycles. The Morgan fingerprint density at radius 2 is 1.53 bits per heavy atom. The van der Waals surface area contributed by atoms with E-state index in [4.69, 9.17) is 25.5 Å². The number of ether oxygens (including phenoxy) is 2. The summed E-state index contributed by atoms with van der Waals surface area (Å²) in [5.74, 6) is 1.21. The third-order valence-corrected chi connectivity index (χ3v) is 18.2. The first-order valence-corrected chi connectivity index (χ1v) is 24.4. The maximum atomic E-state index is 14.6. The van der Waals surface area contributed by atoms with Crippen LogP contribution in [0, 0.1) is 64.1 Å². The van der Waals surface area contributed by atoms with E-state index >= 15 is 0 Å². The second kappa shape index (κ2) is 16.5. The molecule has 11 heteroatoms. The van der Waals surface area contributed by atoms with Crippen molar-refractivity contribution in [3.8, 4) is 11.5 Å². The summed E-state index contributed by atoms with van der Waals surface area (Å²) >= 11 is 6.11. The van der Waals surface area contributed by atoms with Crippen molar-refractivity contribution in [3.63, 3.8) is 0 Å². The molecule has 3 aromatic rings. The van der Waals surface area contributed by atoms with Gasteiger partial charge in [-0.1, -0.05) is 83.5 Å². The van der Waals surface area contributed by atoms with Gasteiger partial charge in [0, 0.05) is 17.0 Å². The second-order valence-electron chi connectivity index (χ2n) is 22.0. The van der Waals surface area contributed by atoms with Crippen molar-refractivity contribution >= 4 is 35.2 Å². The number of Topliss-reactive ketones (excluding diaryl/α,β-unsaturated/α-hetero) is 1. The van der Waals surface area contributed by atoms with Gasteiger partial charge in [-0.15, -0.1) is 10.2 Å². The van der Waals surface area contributed by atoms with E-state index in [0.29, 0.717) is 35.1 Å². The summed E-state index contributed by atoms with van der Waals surface area (Å²) < 4.78 is 18.2. The van der Waals surface area contributed by atoms with Crippen LogP contribution in [0.4, 0.5) is 0 Å². The molecule has 1 aromatic heterocycles. The van der Waals surface area contributed by atoms with Gasteiger partial charge >= 0.3 is 11.9 Å². The van der Waals surface area contributed by atoms with Crippen LogP contribution in [-0.4, -0.2) is 45.5 Å². The molecular formula is C53H66ClN3O7. The summed E-state index contributed by atoms with van der Waals surface area (Å²) in [6.45, 7) is 17.5. The molecule has 0 spiro atoms. The molecule has 9 rings (SSSR count). The molecule has 12 unspecified atom stereocenters. The van der Waals surface area contributed by atoms with Crippen molar-refractivity contribution in [2.45, 2.75) is 143 Å². The number of halogens is 1. The molecule has 12 atom stereocenters. The van der Waals surface area contributed by atoms with Gasteiger partial charge in [0.25, 0.3) is 0 Å². The molecule has 0 radical (unpaired) electrons. The molecule has 0 aliphatic heterocycles. The summed E-state index contributed by atoms with van der Waals surface area (Å²) in [4.78, 5) is 55.4. The number of fused-ring (bicyclic) bond motifs is 7. The maximum absolute atomic E-state index is 14.6. The quantitative estimate of drug-likeness (QED) is 0.197. The van der Waals surface area contributed by atoms with Crippen LogP contribution in [0.3, 0.4) is 0 Å². The minimum absolute atomic E-state index is 0.0470. The molecular weight excluding hydrogens is 826 g/mol. The molecule has 10 nitrogen and oxygen atoms in total. The van der Waals surface area contributed by atoms with Gasteiger partial charge in [0.05, 0.1) is 17.4 Å². The number of allylic oxidation sites excluding steroid dienone is 1. The minimum Gasteiger partial charge on any atom is -0.462 e. The molecule has 0 saturated heterocycles. The highest BCUT2D eigenvalue weighted by atomic mass is 35.5. The Hall–Kier alpha value is -4.31. The average Bonchev–Trinajstić information content (AvgIpc) is 3.87. The largest absolute Gasteiger partial charge is 0.462 e. The number of ketones is 1. The van der Waals surface area contributed by atoms with Crippen molar-refractivity contribution in [2.24, 2.45) is 64.1 Å². The van der Waals surface area contributed by atoms with Crippen LogP contribution in [-0.2, 0) is 40.7 Å². The smallest absolute Gasteiger partial charge is 0.309 e. The molecule has 1 amide bonds. The fourth-order valence-electron chi connectivity index (χ4n) is 14.3. The van der Waals surface area contributed by atoms with Crippen molar-refractivity contribution in [3.05, 3.63) is 82.2 Å². The number of aromatic nitrogens is 2. The number of hydrogen-bond donors (Lipinski definition) is 1. The van der Waals surface area contributed by atoms with Gasteiger partial charge in [-0.2, -0.15) is 0 Å². The van der Waals surface area contributed by atoms with Crippen LogP contribution in [0.2, 0.25) is 5.02 Å². The SMILES string of the molecule is CC(C)C1=C2C3CCC4C(C)(CCC5C(C)C(OC(=O)C6CC(C(=O)OCc7ccccc7)C6C)CCC54C)C3CCC2(NC(=O)C(C)(C)c2nnc(-c3ccc(Cl)cc3)o2)CC1=O. The fraction of sp³-hybridized carbons (Fsp3) is 0.623. The molecule has 1 heterocycles. The predicted molar refractivity (Wildman–Crippen MR) is 243 cm³/mol. The number of benzene rings is 2. The van der Waals surface area contributed by atoms with Gasteiger partial charge in [-0.05, 0) is 165 Å². The zero-order chi connectivity index (χ0) is 45.5. The molecule has 5 saturated carbocycles. The molecule has 64 heavy (non-hydrogen) atoms. The molecule has 2 aromatic carbocycles. The minimum atomic E-state index is -1.15. The van der Waals surface area contributed by atoms with Crippen LogP contribution in [0.25, 0.3) is 11.5 Å². The van der Waals surface area contributed by atoms with Crippen molar-refractivity contribution < 1.29 is 33.1 Å². The van der Waals surface area contributed by atoms with Gasteiger partial charge in [-0.25, -0.2) is 0 Å². The normalized spacial score (nSPS) is 35.7. The highest BCUT2D eigenvalue weighted by molar-refractivity contribution is 6.30. The van der Waals surface area contributed by atoms with E-state index in [1.54, 1.807) is 12.1 Å². The van der Waals surface area contributed by atoms with E-state index in [9.17, 15) is 19.2 Å². The molecule has 0 bridgehead atoms. The van der Waals surface area contributed by atoms with E-state index in [-0.39, 0.29) is 95.0 Å². The van der Waals surface area contributed by atoms with Crippen LogP contribution in [0.1, 0.15) is 131 Å². The lowest BCUT2D eigenvalue weighted by Crippen LogP contribution is -2.63. The lowest BCUT2D eigenvalue weighted by atomic mass is 9.38. The Kier molecular flexibility index (Phi) is 11.6. The monoisotopic (exact) mass is 891 g/mol. The maximum Gasteiger partial charge on any atom is 0.309 e. The first-order valence-electron chi connectivity index (χ1n) is 24.0. The van der Waals surface area contributed by atoms with E-state index in [2.05, 4.69) is 50.1 Å². The zero-order valence-corrected chi connectivity index (χ0v) is 39.6. The number of nitrogens with zero attached hydrogens (tertiary/aromatic N) is 2. The Morgan fingerprint density at radius 3 is 2.23 bits per heavy atom. The van der Waals surface area contributed by atoms with E-state index in [1.807, 2.05) is 63.2 Å². The fourth-order valence-corrected chi connectivity index (χ4v) is 14.5. The topological polar surface area (TPSA) is 138 Å². The number of rotatable bonds is 10. The number of nitrogens with one attached hydrogen (secondary N) is 1. The standard InChI is InChI=1S/C53H66ClN3O7/c1-29(2)43-40(58)27-53(55-48(61)50(5,6)49-57-56-45(64-49)33-14-16-34(54)17-15-33)25-21-39-35(44(43)53)18-19-42-51(7)24-22-41(31(4)38(51)20-23-52(39,42)8)63-47(60)37-26-36(30(37)3)46(59)62-28-32-12-10-9-11-13-32/h9-17,29-31,35-39,41-42H,18-28H2,1-8H3,(H,55,61). The summed E-state index contributed by atoms with van der Waals surface area (Å²) in [7, 11) is 0. The summed E-state index contributed by atoms with van der Waals surface area (Å²) in [5, 5.41) is 12.7. The van der Waals surface area contributed by atoms with Crippen LogP contribution >= 0.6 is 11.6 Å². The molecule has 5 fully saturated rings. The van der Waals surface area contributed by atoms with Crippen molar-refractivity contribution in [2.75, 3.05) is 0 Å². The summed E-state index contributed by atoms with van der Waals surface area (Å²) in [5.41, 5.74) is 2.06. The number of amides is 1. The van der Waals surface area contributed by atoms with Crippen LogP contribution in [0.15, 0.2) is 70.2 Å². The Morgan fingerprint density at radius 1 is 0.859 bits per heavy atom. The third kappa shape index (κ3) is 7.36. The summed E-state index contributed by atoms with van der Waals surface area (Å²) in [6.07, 6.45) is 8.36. The number of hydrogen-bond acceptors (Lipinski definition) is 9. The highest BCUT2D eigenvalue weighted by Gasteiger charge is 2.65. The summed E-state index contributed by atoms with van der Waals surface area (Å²) in [6, 6.07) is 16.8. The van der Waals surface area contributed by atoms with Crippen molar-refractivity contribution in [1.82, 2.24) is 15.5 Å². The number of carbonyl (C=O) groups is 4. The van der Waals surface area contributed by atoms with E-state index in [0.717, 1.165) is 68.1 Å². The van der Waals surface area contributed by atoms with Gasteiger partial charge < -0.3 is 19.2 Å². The van der Waals surface area contributed by atoms with Gasteiger partial charge in [-0.3, -0.25) is 19.2 Å². The number of esters is 2. The lowest BCUT2D eigenvalue weighted by Gasteiger charge is -2.67. The molecule has 1 N–H and O–H groups in total. The second-order valence-corrected chi connectivity index (χ2v) is 22.4. The van der Waals surface area contributed by atoms with Gasteiger partial charge in [0.1, 0.15) is 18.1 Å². The van der Waals surface area contributed by atoms with Crippen LogP contribution in [0.5, 0.6) is 0 Å². The molecule has 342 valence electrons. The predicted octanol–water partition coefficient (Wildman–Crippen LogP) is 10.7. The Labute approximate surface area is 383 Å².